The highest BCUT2D eigenvalue weighted by molar-refractivity contribution is 5.76. The standard InChI is InChI=1S/C11H21NO3/c1-11(2,15-3)6-10(14)12-7-8-4-9(13)5-8/h8-9,13H,4-7H2,1-3H3,(H,12,14). The molecule has 88 valence electrons. The average Bonchev–Trinajstić information content (AvgIpc) is 2.10. The average molecular weight is 215 g/mol. The minimum atomic E-state index is -0.400. The number of rotatable bonds is 5. The maximum absolute atomic E-state index is 11.5. The summed E-state index contributed by atoms with van der Waals surface area (Å²) in [4.78, 5) is 11.5. The van der Waals surface area contributed by atoms with Crippen molar-refractivity contribution in [3.63, 3.8) is 0 Å². The molecular weight excluding hydrogens is 194 g/mol. The van der Waals surface area contributed by atoms with E-state index in [0.29, 0.717) is 18.9 Å². The number of amides is 1. The minimum absolute atomic E-state index is 0.0169. The van der Waals surface area contributed by atoms with Gasteiger partial charge in [0.15, 0.2) is 0 Å². The van der Waals surface area contributed by atoms with Crippen molar-refractivity contribution in [3.8, 4) is 0 Å². The van der Waals surface area contributed by atoms with E-state index >= 15 is 0 Å². The quantitative estimate of drug-likeness (QED) is 0.709. The second-order valence-corrected chi connectivity index (χ2v) is 4.94. The fraction of sp³-hybridized carbons (Fsp3) is 0.909. The molecule has 1 rings (SSSR count). The van der Waals surface area contributed by atoms with Crippen molar-refractivity contribution in [2.75, 3.05) is 13.7 Å². The maximum atomic E-state index is 11.5. The molecule has 0 aromatic heterocycles. The van der Waals surface area contributed by atoms with Crippen LogP contribution in [0.2, 0.25) is 0 Å². The molecule has 1 aliphatic rings. The second-order valence-electron chi connectivity index (χ2n) is 4.94. The zero-order chi connectivity index (χ0) is 11.5. The van der Waals surface area contributed by atoms with Gasteiger partial charge in [0.25, 0.3) is 0 Å². The van der Waals surface area contributed by atoms with Crippen molar-refractivity contribution < 1.29 is 14.6 Å². The van der Waals surface area contributed by atoms with Crippen LogP contribution in [0.3, 0.4) is 0 Å². The van der Waals surface area contributed by atoms with Crippen LogP contribution in [0.25, 0.3) is 0 Å². The monoisotopic (exact) mass is 215 g/mol. The van der Waals surface area contributed by atoms with Crippen LogP contribution in [0.1, 0.15) is 33.1 Å². The number of methoxy groups -OCH3 is 1. The normalized spacial score (nSPS) is 25.9. The number of nitrogens with one attached hydrogen (secondary N) is 1. The molecule has 0 heterocycles. The van der Waals surface area contributed by atoms with Gasteiger partial charge in [-0.3, -0.25) is 4.79 Å². The van der Waals surface area contributed by atoms with Crippen LogP contribution in [0.5, 0.6) is 0 Å². The molecule has 0 unspecified atom stereocenters. The Kier molecular flexibility index (Phi) is 4.11. The Labute approximate surface area is 91.0 Å². The van der Waals surface area contributed by atoms with Crippen molar-refractivity contribution in [2.24, 2.45) is 5.92 Å². The van der Waals surface area contributed by atoms with Gasteiger partial charge in [-0.15, -0.1) is 0 Å². The van der Waals surface area contributed by atoms with Gasteiger partial charge in [-0.05, 0) is 32.6 Å². The summed E-state index contributed by atoms with van der Waals surface area (Å²) in [6.07, 6.45) is 1.85. The van der Waals surface area contributed by atoms with Gasteiger partial charge in [0.2, 0.25) is 5.91 Å². The fourth-order valence-electron chi connectivity index (χ4n) is 1.65. The molecule has 1 aliphatic carbocycles. The maximum Gasteiger partial charge on any atom is 0.222 e. The number of aliphatic hydroxyl groups is 1. The van der Waals surface area contributed by atoms with Crippen LogP contribution < -0.4 is 5.32 Å². The molecule has 0 bridgehead atoms. The first-order valence-corrected chi connectivity index (χ1v) is 5.43. The van der Waals surface area contributed by atoms with E-state index in [4.69, 9.17) is 9.84 Å². The number of ether oxygens (including phenoxy) is 1. The van der Waals surface area contributed by atoms with Crippen LogP contribution in [0.15, 0.2) is 0 Å². The Morgan fingerprint density at radius 2 is 2.13 bits per heavy atom. The molecule has 4 nitrogen and oxygen atoms in total. The Hall–Kier alpha value is -0.610. The molecule has 1 saturated carbocycles. The molecule has 2 N–H and O–H groups in total. The molecule has 1 amide bonds. The van der Waals surface area contributed by atoms with Crippen LogP contribution in [0.4, 0.5) is 0 Å². The summed E-state index contributed by atoms with van der Waals surface area (Å²) in [6, 6.07) is 0. The van der Waals surface area contributed by atoms with Crippen LogP contribution in [0, 0.1) is 5.92 Å². The zero-order valence-electron chi connectivity index (χ0n) is 9.75. The Balaban J connectivity index is 2.14. The number of aliphatic hydroxyl groups excluding tert-OH is 1. The highest BCUT2D eigenvalue weighted by atomic mass is 16.5. The predicted octanol–water partition coefficient (Wildman–Crippen LogP) is 0.689. The summed E-state index contributed by atoms with van der Waals surface area (Å²) < 4.78 is 5.17. The van der Waals surface area contributed by atoms with E-state index in [-0.39, 0.29) is 12.0 Å². The van der Waals surface area contributed by atoms with Gasteiger partial charge in [0.05, 0.1) is 18.1 Å². The third-order valence-corrected chi connectivity index (χ3v) is 2.94. The lowest BCUT2D eigenvalue weighted by Crippen LogP contribution is -2.40. The van der Waals surface area contributed by atoms with Crippen molar-refractivity contribution in [2.45, 2.75) is 44.8 Å². The van der Waals surface area contributed by atoms with Gasteiger partial charge in [-0.25, -0.2) is 0 Å². The lowest BCUT2D eigenvalue weighted by Gasteiger charge is -2.31. The third kappa shape index (κ3) is 4.18. The molecule has 0 aliphatic heterocycles. The Morgan fingerprint density at radius 3 is 2.60 bits per heavy atom. The molecule has 0 radical (unpaired) electrons. The van der Waals surface area contributed by atoms with Crippen molar-refractivity contribution >= 4 is 5.91 Å². The van der Waals surface area contributed by atoms with Crippen molar-refractivity contribution in [1.29, 1.82) is 0 Å². The molecule has 0 saturated heterocycles. The largest absolute Gasteiger partial charge is 0.393 e. The summed E-state index contributed by atoms with van der Waals surface area (Å²) in [5, 5.41) is 11.9. The van der Waals surface area contributed by atoms with Gasteiger partial charge in [0.1, 0.15) is 0 Å². The third-order valence-electron chi connectivity index (χ3n) is 2.94. The lowest BCUT2D eigenvalue weighted by molar-refractivity contribution is -0.126. The molecule has 0 aromatic rings. The van der Waals surface area contributed by atoms with E-state index in [1.807, 2.05) is 13.8 Å². The predicted molar refractivity (Wildman–Crippen MR) is 57.4 cm³/mol. The summed E-state index contributed by atoms with van der Waals surface area (Å²) in [7, 11) is 1.61. The highest BCUT2D eigenvalue weighted by Gasteiger charge is 2.28. The van der Waals surface area contributed by atoms with Crippen molar-refractivity contribution in [1.82, 2.24) is 5.32 Å². The second kappa shape index (κ2) is 4.94. The molecule has 0 spiro atoms. The summed E-state index contributed by atoms with van der Waals surface area (Å²) in [5.41, 5.74) is -0.400. The number of hydrogen-bond donors (Lipinski definition) is 2. The molecular formula is C11H21NO3. The number of carbonyl (C=O) groups excluding carboxylic acids is 1. The van der Waals surface area contributed by atoms with Gasteiger partial charge in [0, 0.05) is 13.7 Å². The van der Waals surface area contributed by atoms with Gasteiger partial charge in [-0.2, -0.15) is 0 Å². The molecule has 0 atom stereocenters. The minimum Gasteiger partial charge on any atom is -0.393 e. The smallest absolute Gasteiger partial charge is 0.222 e. The first-order valence-electron chi connectivity index (χ1n) is 5.43. The molecule has 15 heavy (non-hydrogen) atoms. The first kappa shape index (κ1) is 12.5. The summed E-state index contributed by atoms with van der Waals surface area (Å²) in [5.74, 6) is 0.470. The zero-order valence-corrected chi connectivity index (χ0v) is 9.75. The van der Waals surface area contributed by atoms with E-state index in [0.717, 1.165) is 12.8 Å². The van der Waals surface area contributed by atoms with Gasteiger partial charge >= 0.3 is 0 Å². The number of carbonyl (C=O) groups is 1. The van der Waals surface area contributed by atoms with E-state index in [9.17, 15) is 4.79 Å². The lowest BCUT2D eigenvalue weighted by atomic mass is 9.82. The van der Waals surface area contributed by atoms with Crippen LogP contribution in [-0.2, 0) is 9.53 Å². The topological polar surface area (TPSA) is 58.6 Å². The summed E-state index contributed by atoms with van der Waals surface area (Å²) >= 11 is 0. The number of hydrogen-bond acceptors (Lipinski definition) is 3. The molecule has 4 heteroatoms. The summed E-state index contributed by atoms with van der Waals surface area (Å²) in [6.45, 7) is 4.45. The van der Waals surface area contributed by atoms with Crippen LogP contribution >= 0.6 is 0 Å². The Morgan fingerprint density at radius 1 is 1.53 bits per heavy atom. The Bertz CT molecular complexity index is 222. The first-order chi connectivity index (χ1) is 6.93. The van der Waals surface area contributed by atoms with E-state index in [2.05, 4.69) is 5.32 Å². The SMILES string of the molecule is COC(C)(C)CC(=O)NCC1CC(O)C1. The molecule has 1 fully saturated rings. The van der Waals surface area contributed by atoms with E-state index in [1.54, 1.807) is 7.11 Å². The van der Waals surface area contributed by atoms with E-state index < -0.39 is 5.60 Å². The molecule has 0 aromatic carbocycles. The van der Waals surface area contributed by atoms with Gasteiger partial charge in [-0.1, -0.05) is 0 Å². The van der Waals surface area contributed by atoms with E-state index in [1.165, 1.54) is 0 Å². The fourth-order valence-corrected chi connectivity index (χ4v) is 1.65. The van der Waals surface area contributed by atoms with Crippen LogP contribution in [-0.4, -0.2) is 36.4 Å². The van der Waals surface area contributed by atoms with Crippen molar-refractivity contribution in [3.05, 3.63) is 0 Å². The highest BCUT2D eigenvalue weighted by Crippen LogP contribution is 2.26. The van der Waals surface area contributed by atoms with Gasteiger partial charge < -0.3 is 15.2 Å².